The highest BCUT2D eigenvalue weighted by molar-refractivity contribution is 7.92. The van der Waals surface area contributed by atoms with Gasteiger partial charge in [0.1, 0.15) is 5.82 Å². The third kappa shape index (κ3) is 4.48. The number of sulfone groups is 1. The first-order valence-corrected chi connectivity index (χ1v) is 12.1. The number of hydrogen-bond acceptors (Lipinski definition) is 4. The lowest BCUT2D eigenvalue weighted by molar-refractivity contribution is -0.137. The molecule has 1 heterocycles. The van der Waals surface area contributed by atoms with Crippen LogP contribution in [0.2, 0.25) is 5.02 Å². The number of sulfonamides is 1. The minimum absolute atomic E-state index is 0.0430. The summed E-state index contributed by atoms with van der Waals surface area (Å²) in [6.45, 7) is -0.366. The summed E-state index contributed by atoms with van der Waals surface area (Å²) in [7, 11) is -8.07. The van der Waals surface area contributed by atoms with Gasteiger partial charge in [0.05, 0.1) is 25.6 Å². The molecule has 0 spiro atoms. The van der Waals surface area contributed by atoms with E-state index in [4.69, 9.17) is 11.6 Å². The zero-order valence-corrected chi connectivity index (χ0v) is 17.6. The van der Waals surface area contributed by atoms with Gasteiger partial charge < -0.3 is 0 Å². The molecule has 0 N–H and O–H groups in total. The number of hydrogen-bond donors (Lipinski definition) is 0. The van der Waals surface area contributed by atoms with Crippen LogP contribution in [0.15, 0.2) is 52.3 Å². The Labute approximate surface area is 176 Å². The molecule has 1 aliphatic heterocycles. The maximum atomic E-state index is 13.0. The lowest BCUT2D eigenvalue weighted by Gasteiger charge is -2.31. The van der Waals surface area contributed by atoms with Crippen molar-refractivity contribution >= 4 is 31.5 Å². The van der Waals surface area contributed by atoms with Gasteiger partial charge in [-0.3, -0.25) is 0 Å². The van der Waals surface area contributed by atoms with Crippen molar-refractivity contribution in [3.05, 3.63) is 58.9 Å². The lowest BCUT2D eigenvalue weighted by Crippen LogP contribution is -2.42. The van der Waals surface area contributed by atoms with Crippen molar-refractivity contribution in [3.63, 3.8) is 0 Å². The van der Waals surface area contributed by atoms with Gasteiger partial charge in [-0.25, -0.2) is 21.2 Å². The van der Waals surface area contributed by atoms with Crippen LogP contribution in [0.5, 0.6) is 0 Å². The summed E-state index contributed by atoms with van der Waals surface area (Å²) in [6.07, 6.45) is -4.91. The van der Waals surface area contributed by atoms with E-state index in [1.807, 2.05) is 0 Å². The number of nitrogens with zero attached hydrogens (tertiary/aromatic N) is 1. The molecule has 1 fully saturated rings. The zero-order valence-electron chi connectivity index (χ0n) is 15.2. The van der Waals surface area contributed by atoms with Crippen molar-refractivity contribution in [1.29, 1.82) is 0 Å². The Balaban J connectivity index is 1.80. The molecule has 0 aromatic heterocycles. The van der Waals surface area contributed by atoms with E-state index in [9.17, 15) is 34.4 Å². The number of piperidine rings is 1. The van der Waals surface area contributed by atoms with E-state index in [0.717, 1.165) is 40.7 Å². The summed E-state index contributed by atoms with van der Waals surface area (Å²) >= 11 is 5.54. The monoisotopic (exact) mass is 485 g/mol. The third-order valence-electron chi connectivity index (χ3n) is 4.86. The predicted molar refractivity (Wildman–Crippen MR) is 102 cm³/mol. The highest BCUT2D eigenvalue weighted by atomic mass is 35.5. The van der Waals surface area contributed by atoms with Crippen LogP contribution in [0.4, 0.5) is 17.6 Å². The molecule has 0 atom stereocenters. The molecule has 5 nitrogen and oxygen atoms in total. The zero-order chi connectivity index (χ0) is 22.3. The maximum Gasteiger partial charge on any atom is 0.417 e. The van der Waals surface area contributed by atoms with E-state index < -0.39 is 52.6 Å². The third-order valence-corrected chi connectivity index (χ3v) is 9.37. The summed E-state index contributed by atoms with van der Waals surface area (Å²) < 4.78 is 104. The predicted octanol–water partition coefficient (Wildman–Crippen LogP) is 4.12. The fourth-order valence-corrected chi connectivity index (χ4v) is 6.68. The van der Waals surface area contributed by atoms with Gasteiger partial charge >= 0.3 is 6.18 Å². The van der Waals surface area contributed by atoms with E-state index in [1.165, 1.54) is 0 Å². The number of benzene rings is 2. The second kappa shape index (κ2) is 8.10. The molecule has 1 aliphatic rings. The number of alkyl halides is 3. The SMILES string of the molecule is O=S(=O)(c1ccc(F)cc1)C1CCN(S(=O)(=O)c2ccc(Cl)c(C(F)(F)F)c2)CC1. The summed E-state index contributed by atoms with van der Waals surface area (Å²) in [4.78, 5) is -0.642. The molecule has 30 heavy (non-hydrogen) atoms. The minimum atomic E-state index is -4.82. The highest BCUT2D eigenvalue weighted by Gasteiger charge is 2.38. The maximum absolute atomic E-state index is 13.0. The average molecular weight is 486 g/mol. The molecule has 2 aromatic rings. The molecule has 3 rings (SSSR count). The van der Waals surface area contributed by atoms with Crippen LogP contribution in [-0.2, 0) is 26.0 Å². The van der Waals surface area contributed by atoms with Gasteiger partial charge in [-0.2, -0.15) is 17.5 Å². The summed E-state index contributed by atoms with van der Waals surface area (Å²) in [6, 6.07) is 6.63. The standard InChI is InChI=1S/C18H16ClF4NO4S2/c19-17-6-5-15(11-16(17)18(21,22)23)30(27,28)24-9-7-14(8-10-24)29(25,26)13-3-1-12(20)2-4-13/h1-6,11,14H,7-10H2. The van der Waals surface area contributed by atoms with Crippen molar-refractivity contribution in [1.82, 2.24) is 4.31 Å². The van der Waals surface area contributed by atoms with Crippen LogP contribution in [0, 0.1) is 5.82 Å². The Morgan fingerprint density at radius 2 is 1.43 bits per heavy atom. The van der Waals surface area contributed by atoms with Gasteiger partial charge in [-0.1, -0.05) is 11.6 Å². The van der Waals surface area contributed by atoms with Gasteiger partial charge in [0.15, 0.2) is 9.84 Å². The van der Waals surface area contributed by atoms with Crippen LogP contribution in [-0.4, -0.2) is 39.5 Å². The van der Waals surface area contributed by atoms with Gasteiger partial charge in [0, 0.05) is 13.1 Å². The van der Waals surface area contributed by atoms with Crippen LogP contribution in [0.1, 0.15) is 18.4 Å². The molecule has 1 saturated heterocycles. The lowest BCUT2D eigenvalue weighted by atomic mass is 10.2. The van der Waals surface area contributed by atoms with Gasteiger partial charge in [-0.15, -0.1) is 0 Å². The van der Waals surface area contributed by atoms with E-state index in [0.29, 0.717) is 6.07 Å². The van der Waals surface area contributed by atoms with Crippen molar-refractivity contribution < 1.29 is 34.4 Å². The van der Waals surface area contributed by atoms with Gasteiger partial charge in [0.2, 0.25) is 10.0 Å². The minimum Gasteiger partial charge on any atom is -0.223 e. The molecule has 12 heteroatoms. The van der Waals surface area contributed by atoms with Crippen LogP contribution >= 0.6 is 11.6 Å². The Hall–Kier alpha value is -1.69. The summed E-state index contributed by atoms with van der Waals surface area (Å²) in [5.41, 5.74) is -1.26. The fraction of sp³-hybridized carbons (Fsp3) is 0.333. The number of halogens is 5. The van der Waals surface area contributed by atoms with Crippen LogP contribution in [0.25, 0.3) is 0 Å². The molecule has 0 aliphatic carbocycles. The van der Waals surface area contributed by atoms with Crippen LogP contribution in [0.3, 0.4) is 0 Å². The molecular weight excluding hydrogens is 470 g/mol. The summed E-state index contributed by atoms with van der Waals surface area (Å²) in [5, 5.41) is -1.50. The van der Waals surface area contributed by atoms with Gasteiger partial charge in [0.25, 0.3) is 0 Å². The summed E-state index contributed by atoms with van der Waals surface area (Å²) in [5.74, 6) is -0.587. The Morgan fingerprint density at radius 1 is 0.900 bits per heavy atom. The largest absolute Gasteiger partial charge is 0.417 e. The fourth-order valence-electron chi connectivity index (χ4n) is 3.23. The normalized spacial score (nSPS) is 17.2. The van der Waals surface area contributed by atoms with E-state index in [2.05, 4.69) is 0 Å². The van der Waals surface area contributed by atoms with Crippen LogP contribution < -0.4 is 0 Å². The van der Waals surface area contributed by atoms with Crippen molar-refractivity contribution in [3.8, 4) is 0 Å². The van der Waals surface area contributed by atoms with Crippen molar-refractivity contribution in [2.24, 2.45) is 0 Å². The quantitative estimate of drug-likeness (QED) is 0.482. The van der Waals surface area contributed by atoms with E-state index in [-0.39, 0.29) is 30.8 Å². The molecule has 2 aromatic carbocycles. The molecule has 0 radical (unpaired) electrons. The van der Waals surface area contributed by atoms with E-state index >= 15 is 0 Å². The number of rotatable bonds is 4. The van der Waals surface area contributed by atoms with E-state index in [1.54, 1.807) is 0 Å². The molecule has 164 valence electrons. The van der Waals surface area contributed by atoms with Gasteiger partial charge in [-0.05, 0) is 55.3 Å². The second-order valence-corrected chi connectivity index (χ2v) is 11.3. The Morgan fingerprint density at radius 3 is 1.97 bits per heavy atom. The Bertz CT molecular complexity index is 1140. The highest BCUT2D eigenvalue weighted by Crippen LogP contribution is 2.37. The first-order chi connectivity index (χ1) is 13.8. The Kier molecular flexibility index (Phi) is 6.21. The van der Waals surface area contributed by atoms with Crippen molar-refractivity contribution in [2.75, 3.05) is 13.1 Å². The molecule has 0 amide bonds. The average Bonchev–Trinajstić information content (AvgIpc) is 2.67. The first-order valence-electron chi connectivity index (χ1n) is 8.70. The molecule has 0 bridgehead atoms. The molecular formula is C18H16ClF4NO4S2. The topological polar surface area (TPSA) is 71.5 Å². The second-order valence-electron chi connectivity index (χ2n) is 6.74. The molecule has 0 unspecified atom stereocenters. The first kappa shape index (κ1) is 23.0. The van der Waals surface area contributed by atoms with Crippen molar-refractivity contribution in [2.45, 2.75) is 34.1 Å². The smallest absolute Gasteiger partial charge is 0.223 e. The molecule has 0 saturated carbocycles.